The van der Waals surface area contributed by atoms with E-state index in [9.17, 15) is 20.0 Å². The van der Waals surface area contributed by atoms with E-state index in [1.165, 1.54) is 58.8 Å². The number of methoxy groups -OCH3 is 4. The molecule has 0 aliphatic carbocycles. The van der Waals surface area contributed by atoms with Crippen LogP contribution in [-0.2, 0) is 4.79 Å². The second kappa shape index (κ2) is 12.1. The standard InChI is InChI=1S/C27H26N2O8/c1-34-23-11-8-17(13-21(23)29(32)33)9-12-26(31)28-20-10-7-18(14-22(20)30)5-6-19-15-24(35-2)27(37-4)25(16-19)36-3/h5-16,30H,1-4H3,(H,28,31)/b6-5?,12-9+. The van der Waals surface area contributed by atoms with E-state index in [1.807, 2.05) is 6.08 Å². The SMILES string of the molecule is COc1ccc(/C=C/C(=O)Nc2ccc(C=Cc3cc(OC)c(OC)c(OC)c3)cc2O)cc1[N+](=O)[O-]. The smallest absolute Gasteiger partial charge is 0.311 e. The van der Waals surface area contributed by atoms with Crippen molar-refractivity contribution in [3.8, 4) is 28.7 Å². The molecule has 0 heterocycles. The van der Waals surface area contributed by atoms with Gasteiger partial charge >= 0.3 is 5.69 Å². The van der Waals surface area contributed by atoms with E-state index in [0.717, 1.165) is 5.56 Å². The largest absolute Gasteiger partial charge is 0.506 e. The quantitative estimate of drug-likeness (QED) is 0.127. The van der Waals surface area contributed by atoms with Crippen LogP contribution in [0.3, 0.4) is 0 Å². The zero-order valence-electron chi connectivity index (χ0n) is 20.7. The molecular weight excluding hydrogens is 480 g/mol. The number of carbonyl (C=O) groups excluding carboxylic acids is 1. The Kier molecular flexibility index (Phi) is 8.71. The molecule has 0 atom stereocenters. The fraction of sp³-hybridized carbons (Fsp3) is 0.148. The van der Waals surface area contributed by atoms with Gasteiger partial charge in [-0.15, -0.1) is 0 Å². The number of hydrogen-bond acceptors (Lipinski definition) is 8. The number of ether oxygens (including phenoxy) is 4. The third-order valence-electron chi connectivity index (χ3n) is 5.26. The van der Waals surface area contributed by atoms with E-state index >= 15 is 0 Å². The molecule has 0 aliphatic heterocycles. The number of amides is 1. The molecule has 0 aliphatic rings. The average Bonchev–Trinajstić information content (AvgIpc) is 2.91. The molecule has 3 aromatic rings. The highest BCUT2D eigenvalue weighted by Crippen LogP contribution is 2.38. The maximum Gasteiger partial charge on any atom is 0.311 e. The molecule has 1 amide bonds. The van der Waals surface area contributed by atoms with Gasteiger partial charge < -0.3 is 29.4 Å². The summed E-state index contributed by atoms with van der Waals surface area (Å²) in [5.74, 6) is 0.984. The van der Waals surface area contributed by atoms with Crippen LogP contribution in [0.1, 0.15) is 16.7 Å². The van der Waals surface area contributed by atoms with E-state index in [1.54, 1.807) is 36.4 Å². The average molecular weight is 507 g/mol. The molecule has 2 N–H and O–H groups in total. The molecule has 0 aromatic heterocycles. The molecule has 3 aromatic carbocycles. The monoisotopic (exact) mass is 506 g/mol. The van der Waals surface area contributed by atoms with Crippen molar-refractivity contribution in [3.05, 3.63) is 81.4 Å². The molecule has 10 heteroatoms. The Bertz CT molecular complexity index is 1340. The fourth-order valence-corrected chi connectivity index (χ4v) is 3.45. The molecule has 0 radical (unpaired) electrons. The van der Waals surface area contributed by atoms with Crippen molar-refractivity contribution < 1.29 is 33.8 Å². The number of nitro benzene ring substituents is 1. The third-order valence-corrected chi connectivity index (χ3v) is 5.26. The molecule has 0 bridgehead atoms. The second-order valence-electron chi connectivity index (χ2n) is 7.58. The van der Waals surface area contributed by atoms with Crippen LogP contribution in [0.25, 0.3) is 18.2 Å². The lowest BCUT2D eigenvalue weighted by molar-refractivity contribution is -0.385. The Morgan fingerprint density at radius 1 is 0.811 bits per heavy atom. The fourth-order valence-electron chi connectivity index (χ4n) is 3.45. The molecule has 37 heavy (non-hydrogen) atoms. The molecule has 192 valence electrons. The first-order chi connectivity index (χ1) is 17.8. The first kappa shape index (κ1) is 26.6. The number of carbonyl (C=O) groups is 1. The van der Waals surface area contributed by atoms with Crippen LogP contribution < -0.4 is 24.3 Å². The summed E-state index contributed by atoms with van der Waals surface area (Å²) in [6.07, 6.45) is 6.23. The molecule has 10 nitrogen and oxygen atoms in total. The highest BCUT2D eigenvalue weighted by molar-refractivity contribution is 6.02. The molecular formula is C27H26N2O8. The van der Waals surface area contributed by atoms with Crippen LogP contribution >= 0.6 is 0 Å². The lowest BCUT2D eigenvalue weighted by Crippen LogP contribution is -2.07. The Morgan fingerprint density at radius 3 is 1.97 bits per heavy atom. The number of phenolic OH excluding ortho intramolecular Hbond substituents is 1. The summed E-state index contributed by atoms with van der Waals surface area (Å²) in [7, 11) is 5.93. The molecule has 0 saturated carbocycles. The van der Waals surface area contributed by atoms with E-state index in [0.29, 0.717) is 28.4 Å². The van der Waals surface area contributed by atoms with E-state index < -0.39 is 10.8 Å². The van der Waals surface area contributed by atoms with Gasteiger partial charge in [0.2, 0.25) is 11.7 Å². The number of phenols is 1. The van der Waals surface area contributed by atoms with Gasteiger partial charge in [0.15, 0.2) is 17.2 Å². The highest BCUT2D eigenvalue weighted by Gasteiger charge is 2.15. The normalized spacial score (nSPS) is 10.9. The number of nitrogens with one attached hydrogen (secondary N) is 1. The maximum atomic E-state index is 12.3. The molecule has 3 rings (SSSR count). The van der Waals surface area contributed by atoms with Gasteiger partial charge in [-0.3, -0.25) is 14.9 Å². The third kappa shape index (κ3) is 6.57. The lowest BCUT2D eigenvalue weighted by Gasteiger charge is -2.12. The maximum absolute atomic E-state index is 12.3. The van der Waals surface area contributed by atoms with E-state index in [4.69, 9.17) is 18.9 Å². The van der Waals surface area contributed by atoms with Crippen molar-refractivity contribution in [2.45, 2.75) is 0 Å². The number of hydrogen-bond donors (Lipinski definition) is 2. The zero-order valence-corrected chi connectivity index (χ0v) is 20.7. The van der Waals surface area contributed by atoms with E-state index in [2.05, 4.69) is 5.32 Å². The first-order valence-electron chi connectivity index (χ1n) is 10.9. The number of rotatable bonds is 10. The van der Waals surface area contributed by atoms with Crippen molar-refractivity contribution in [2.24, 2.45) is 0 Å². The second-order valence-corrected chi connectivity index (χ2v) is 7.58. The predicted molar refractivity (Wildman–Crippen MR) is 140 cm³/mol. The van der Waals surface area contributed by atoms with E-state index in [-0.39, 0.29) is 22.9 Å². The number of nitrogens with zero attached hydrogens (tertiary/aromatic N) is 1. The minimum absolute atomic E-state index is 0.121. The van der Waals surface area contributed by atoms with Crippen molar-refractivity contribution in [1.82, 2.24) is 0 Å². The van der Waals surface area contributed by atoms with Crippen molar-refractivity contribution in [1.29, 1.82) is 0 Å². The number of anilines is 1. The predicted octanol–water partition coefficient (Wildman–Crippen LogP) is 5.16. The van der Waals surface area contributed by atoms with Gasteiger partial charge in [-0.1, -0.05) is 24.3 Å². The van der Waals surface area contributed by atoms with Gasteiger partial charge in [0.05, 0.1) is 39.0 Å². The molecule has 0 unspecified atom stereocenters. The van der Waals surface area contributed by atoms with Gasteiger partial charge in [0.1, 0.15) is 5.75 Å². The summed E-state index contributed by atoms with van der Waals surface area (Å²) in [5, 5.41) is 24.1. The Hall–Kier alpha value is -4.99. The van der Waals surface area contributed by atoms with Crippen LogP contribution in [0.15, 0.2) is 54.6 Å². The van der Waals surface area contributed by atoms with Crippen molar-refractivity contribution in [3.63, 3.8) is 0 Å². The van der Waals surface area contributed by atoms with Gasteiger partial charge in [-0.25, -0.2) is 0 Å². The summed E-state index contributed by atoms with van der Waals surface area (Å²) in [5.41, 5.74) is 1.91. The molecule has 0 saturated heterocycles. The van der Waals surface area contributed by atoms with Crippen LogP contribution in [0.2, 0.25) is 0 Å². The minimum atomic E-state index is -0.564. The lowest BCUT2D eigenvalue weighted by atomic mass is 10.1. The molecule has 0 spiro atoms. The topological polar surface area (TPSA) is 129 Å². The van der Waals surface area contributed by atoms with Crippen LogP contribution in [-0.4, -0.2) is 44.4 Å². The number of aromatic hydroxyl groups is 1. The Balaban J connectivity index is 1.72. The minimum Gasteiger partial charge on any atom is -0.506 e. The number of nitro groups is 1. The Labute approximate surface area is 213 Å². The Morgan fingerprint density at radius 2 is 1.41 bits per heavy atom. The number of benzene rings is 3. The van der Waals surface area contributed by atoms with Gasteiger partial charge in [0, 0.05) is 12.1 Å². The van der Waals surface area contributed by atoms with Crippen LogP contribution in [0.4, 0.5) is 11.4 Å². The van der Waals surface area contributed by atoms with Crippen molar-refractivity contribution >= 4 is 35.5 Å². The summed E-state index contributed by atoms with van der Waals surface area (Å²) in [6.45, 7) is 0. The summed E-state index contributed by atoms with van der Waals surface area (Å²) < 4.78 is 21.0. The first-order valence-corrected chi connectivity index (χ1v) is 10.9. The van der Waals surface area contributed by atoms with Crippen molar-refractivity contribution in [2.75, 3.05) is 33.8 Å². The summed E-state index contributed by atoms with van der Waals surface area (Å²) >= 11 is 0. The van der Waals surface area contributed by atoms with Crippen LogP contribution in [0, 0.1) is 10.1 Å². The summed E-state index contributed by atoms with van der Waals surface area (Å²) in [6, 6.07) is 12.7. The zero-order chi connectivity index (χ0) is 26.9. The van der Waals surface area contributed by atoms with Crippen LogP contribution in [0.5, 0.6) is 28.7 Å². The van der Waals surface area contributed by atoms with Gasteiger partial charge in [-0.05, 0) is 53.1 Å². The molecule has 0 fully saturated rings. The highest BCUT2D eigenvalue weighted by atomic mass is 16.6. The van der Waals surface area contributed by atoms with Gasteiger partial charge in [0.25, 0.3) is 0 Å². The summed E-state index contributed by atoms with van der Waals surface area (Å²) in [4.78, 5) is 22.9. The van der Waals surface area contributed by atoms with Gasteiger partial charge in [-0.2, -0.15) is 0 Å².